The minimum atomic E-state index is -0.457. The number of rotatable bonds is 6. The van der Waals surface area contributed by atoms with Crippen molar-refractivity contribution in [1.82, 2.24) is 9.38 Å². The lowest BCUT2D eigenvalue weighted by Crippen LogP contribution is -2.17. The first-order valence-corrected chi connectivity index (χ1v) is 11.4. The predicted molar refractivity (Wildman–Crippen MR) is 128 cm³/mol. The number of benzene rings is 1. The molecule has 7 heteroatoms. The summed E-state index contributed by atoms with van der Waals surface area (Å²) < 4.78 is 7.06. The van der Waals surface area contributed by atoms with Gasteiger partial charge in [0.2, 0.25) is 0 Å². The van der Waals surface area contributed by atoms with Gasteiger partial charge >= 0.3 is 5.97 Å². The smallest absolute Gasteiger partial charge is 0.341 e. The molecular weight excluding hydrogens is 422 g/mol. The molecule has 0 spiro atoms. The number of nitrogens with zero attached hydrogens (tertiary/aromatic N) is 2. The van der Waals surface area contributed by atoms with E-state index >= 15 is 0 Å². The predicted octanol–water partition coefficient (Wildman–Crippen LogP) is 5.92. The number of nitrogens with one attached hydrogen (secondary N) is 1. The maximum Gasteiger partial charge on any atom is 0.341 e. The minimum absolute atomic E-state index is 0.250. The third-order valence-corrected chi connectivity index (χ3v) is 6.20. The summed E-state index contributed by atoms with van der Waals surface area (Å²) in [6, 6.07) is 13.7. The molecule has 1 amide bonds. The van der Waals surface area contributed by atoms with Crippen molar-refractivity contribution in [2.75, 3.05) is 11.9 Å². The Labute approximate surface area is 190 Å². The molecule has 1 aromatic carbocycles. The molecule has 32 heavy (non-hydrogen) atoms. The zero-order valence-corrected chi connectivity index (χ0v) is 19.3. The summed E-state index contributed by atoms with van der Waals surface area (Å²) in [6.45, 7) is 8.09. The summed E-state index contributed by atoms with van der Waals surface area (Å²) in [6.07, 6.45) is 1.80. The number of aryl methyl sites for hydroxylation is 1. The summed E-state index contributed by atoms with van der Waals surface area (Å²) in [4.78, 5) is 30.5. The molecule has 6 nitrogen and oxygen atoms in total. The molecule has 0 saturated heterocycles. The van der Waals surface area contributed by atoms with Crippen molar-refractivity contribution in [1.29, 1.82) is 0 Å². The number of pyridine rings is 1. The van der Waals surface area contributed by atoms with Gasteiger partial charge in [-0.05, 0) is 43.0 Å². The lowest BCUT2D eigenvalue weighted by molar-refractivity contribution is 0.0529. The van der Waals surface area contributed by atoms with Crippen molar-refractivity contribution in [3.8, 4) is 11.1 Å². The average molecular weight is 448 g/mol. The lowest BCUT2D eigenvalue weighted by atomic mass is 9.98. The number of hydrogen-bond acceptors (Lipinski definition) is 5. The summed E-state index contributed by atoms with van der Waals surface area (Å²) in [5, 5.41) is 5.27. The average Bonchev–Trinajstić information content (AvgIpc) is 3.34. The third-order valence-electron chi connectivity index (χ3n) is 5.31. The lowest BCUT2D eigenvalue weighted by Gasteiger charge is -2.10. The molecule has 0 unspecified atom stereocenters. The zero-order chi connectivity index (χ0) is 22.8. The van der Waals surface area contributed by atoms with Crippen LogP contribution in [0, 0.1) is 6.92 Å². The summed E-state index contributed by atoms with van der Waals surface area (Å²) in [5.74, 6) is -0.364. The van der Waals surface area contributed by atoms with Crippen molar-refractivity contribution in [3.05, 3.63) is 76.6 Å². The van der Waals surface area contributed by atoms with Crippen LogP contribution in [0.3, 0.4) is 0 Å². The Morgan fingerprint density at radius 3 is 2.59 bits per heavy atom. The fraction of sp³-hybridized carbons (Fsp3) is 0.240. The number of carbonyl (C=O) groups is 2. The first kappa shape index (κ1) is 21.8. The number of esters is 1. The Balaban J connectivity index is 1.73. The molecule has 0 atom stereocenters. The van der Waals surface area contributed by atoms with Gasteiger partial charge in [-0.25, -0.2) is 9.78 Å². The van der Waals surface area contributed by atoms with Crippen LogP contribution in [0.25, 0.3) is 16.8 Å². The second-order valence-corrected chi connectivity index (χ2v) is 8.66. The van der Waals surface area contributed by atoms with Gasteiger partial charge in [-0.2, -0.15) is 0 Å². The highest BCUT2D eigenvalue weighted by Crippen LogP contribution is 2.37. The van der Waals surface area contributed by atoms with Crippen LogP contribution in [0.2, 0.25) is 0 Å². The second-order valence-electron chi connectivity index (χ2n) is 7.78. The van der Waals surface area contributed by atoms with E-state index in [0.717, 1.165) is 11.1 Å². The van der Waals surface area contributed by atoms with Crippen LogP contribution in [0.5, 0.6) is 0 Å². The van der Waals surface area contributed by atoms with E-state index in [2.05, 4.69) is 36.3 Å². The van der Waals surface area contributed by atoms with Crippen molar-refractivity contribution in [2.24, 2.45) is 0 Å². The van der Waals surface area contributed by atoms with Gasteiger partial charge < -0.3 is 10.1 Å². The van der Waals surface area contributed by atoms with Gasteiger partial charge in [0, 0.05) is 17.1 Å². The topological polar surface area (TPSA) is 72.7 Å². The molecule has 164 valence electrons. The molecule has 0 aliphatic carbocycles. The molecule has 0 aliphatic heterocycles. The van der Waals surface area contributed by atoms with Gasteiger partial charge in [0.15, 0.2) is 0 Å². The first-order chi connectivity index (χ1) is 15.4. The van der Waals surface area contributed by atoms with E-state index in [9.17, 15) is 9.59 Å². The minimum Gasteiger partial charge on any atom is -0.462 e. The Morgan fingerprint density at radius 1 is 1.16 bits per heavy atom. The van der Waals surface area contributed by atoms with E-state index in [1.807, 2.05) is 35.7 Å². The standard InChI is InChI=1S/C25H25N3O3S/c1-5-31-25(30)21-19(18-11-9-17(10-12-18)15(2)3)14-32-24(21)27-23(29)22-16(4)26-20-8-6-7-13-28(20)22/h6-15H,5H2,1-4H3,(H,27,29). The largest absolute Gasteiger partial charge is 0.462 e. The Kier molecular flexibility index (Phi) is 6.10. The normalized spacial score (nSPS) is 11.2. The Hall–Kier alpha value is -3.45. The highest BCUT2D eigenvalue weighted by Gasteiger charge is 2.25. The van der Waals surface area contributed by atoms with E-state index in [1.54, 1.807) is 24.4 Å². The number of amides is 1. The Morgan fingerprint density at radius 2 is 1.91 bits per heavy atom. The molecule has 4 rings (SSSR count). The van der Waals surface area contributed by atoms with E-state index in [4.69, 9.17) is 4.74 Å². The van der Waals surface area contributed by atoms with Crippen molar-refractivity contribution in [3.63, 3.8) is 0 Å². The summed E-state index contributed by atoms with van der Waals surface area (Å²) in [5.41, 5.74) is 4.98. The highest BCUT2D eigenvalue weighted by atomic mass is 32.1. The van der Waals surface area contributed by atoms with E-state index in [1.165, 1.54) is 16.9 Å². The van der Waals surface area contributed by atoms with Crippen LogP contribution < -0.4 is 5.32 Å². The number of hydrogen-bond donors (Lipinski definition) is 1. The van der Waals surface area contributed by atoms with E-state index in [-0.39, 0.29) is 12.5 Å². The van der Waals surface area contributed by atoms with Crippen molar-refractivity contribution >= 4 is 33.9 Å². The summed E-state index contributed by atoms with van der Waals surface area (Å²) >= 11 is 1.31. The van der Waals surface area contributed by atoms with Gasteiger partial charge in [-0.15, -0.1) is 11.3 Å². The van der Waals surface area contributed by atoms with E-state index in [0.29, 0.717) is 33.5 Å². The maximum atomic E-state index is 13.2. The SMILES string of the molecule is CCOC(=O)c1c(-c2ccc(C(C)C)cc2)csc1NC(=O)c1c(C)nc2ccccn12. The maximum absolute atomic E-state index is 13.2. The first-order valence-electron chi connectivity index (χ1n) is 10.5. The molecule has 0 fully saturated rings. The van der Waals surface area contributed by atoms with Gasteiger partial charge in [-0.3, -0.25) is 9.20 Å². The summed E-state index contributed by atoms with van der Waals surface area (Å²) in [7, 11) is 0. The van der Waals surface area contributed by atoms with Crippen LogP contribution in [-0.4, -0.2) is 27.9 Å². The van der Waals surface area contributed by atoms with Crippen LogP contribution in [0.1, 0.15) is 58.8 Å². The van der Waals surface area contributed by atoms with Gasteiger partial charge in [-0.1, -0.05) is 44.2 Å². The molecule has 0 bridgehead atoms. The van der Waals surface area contributed by atoms with E-state index < -0.39 is 5.97 Å². The van der Waals surface area contributed by atoms with Crippen molar-refractivity contribution < 1.29 is 14.3 Å². The van der Waals surface area contributed by atoms with Crippen LogP contribution in [0.15, 0.2) is 54.0 Å². The molecule has 3 heterocycles. The van der Waals surface area contributed by atoms with Crippen LogP contribution >= 0.6 is 11.3 Å². The second kappa shape index (κ2) is 8.96. The highest BCUT2D eigenvalue weighted by molar-refractivity contribution is 7.15. The van der Waals surface area contributed by atoms with Crippen LogP contribution in [0.4, 0.5) is 5.00 Å². The third kappa shape index (κ3) is 4.03. The van der Waals surface area contributed by atoms with Crippen molar-refractivity contribution in [2.45, 2.75) is 33.6 Å². The molecule has 0 saturated carbocycles. The number of ether oxygens (including phenoxy) is 1. The Bertz CT molecular complexity index is 1290. The monoisotopic (exact) mass is 447 g/mol. The number of anilines is 1. The number of fused-ring (bicyclic) bond motifs is 1. The quantitative estimate of drug-likeness (QED) is 0.372. The van der Waals surface area contributed by atoms with Gasteiger partial charge in [0.1, 0.15) is 21.9 Å². The molecule has 4 aromatic rings. The molecule has 1 N–H and O–H groups in total. The number of thiophene rings is 1. The molecule has 0 aliphatic rings. The number of aromatic nitrogens is 2. The fourth-order valence-electron chi connectivity index (χ4n) is 3.67. The fourth-order valence-corrected chi connectivity index (χ4v) is 4.62. The van der Waals surface area contributed by atoms with Gasteiger partial charge in [0.05, 0.1) is 12.3 Å². The zero-order valence-electron chi connectivity index (χ0n) is 18.5. The molecule has 3 aromatic heterocycles. The molecular formula is C25H25N3O3S. The number of carbonyl (C=O) groups excluding carboxylic acids is 2. The van der Waals surface area contributed by atoms with Gasteiger partial charge in [0.25, 0.3) is 5.91 Å². The number of imidazole rings is 1. The van der Waals surface area contributed by atoms with Crippen LogP contribution in [-0.2, 0) is 4.74 Å². The molecule has 0 radical (unpaired) electrons.